The van der Waals surface area contributed by atoms with E-state index in [1.54, 1.807) is 4.52 Å². The highest BCUT2D eigenvalue weighted by molar-refractivity contribution is 5.99. The number of Topliss-reactive ketones (excluding diaryl/α,β-unsaturated/α-hetero) is 1. The van der Waals surface area contributed by atoms with Gasteiger partial charge in [-0.25, -0.2) is 4.98 Å². The third-order valence-corrected chi connectivity index (χ3v) is 5.31. The van der Waals surface area contributed by atoms with Crippen LogP contribution in [0.3, 0.4) is 0 Å². The lowest BCUT2D eigenvalue weighted by Gasteiger charge is -2.13. The number of ketones is 1. The van der Waals surface area contributed by atoms with Gasteiger partial charge in [0.05, 0.1) is 0 Å². The maximum atomic E-state index is 12.6. The lowest BCUT2D eigenvalue weighted by molar-refractivity contribution is -0.142. The first-order valence-electron chi connectivity index (χ1n) is 9.95. The van der Waals surface area contributed by atoms with Crippen LogP contribution in [-0.2, 0) is 16.0 Å². The van der Waals surface area contributed by atoms with Crippen molar-refractivity contribution < 1.29 is 14.3 Å². The summed E-state index contributed by atoms with van der Waals surface area (Å²) in [5, 5.41) is 4.12. The standard InChI is InChI=1S/C21H28N6O3/c1-11(2)26-12(3)9-17(14(26)5)18(28)10-30-19(29)8-7-16-13(4)23-21-24-20(22)25-27(21)15(16)6/h9,11H,7-8,10H2,1-6H3,(H2,22,25). The molecule has 0 aromatic carbocycles. The smallest absolute Gasteiger partial charge is 0.306 e. The molecule has 0 spiro atoms. The Balaban J connectivity index is 1.63. The van der Waals surface area contributed by atoms with Crippen molar-refractivity contribution in [3.8, 4) is 0 Å². The van der Waals surface area contributed by atoms with Gasteiger partial charge in [-0.15, -0.1) is 5.10 Å². The van der Waals surface area contributed by atoms with Crippen LogP contribution in [0.1, 0.15) is 65.0 Å². The van der Waals surface area contributed by atoms with Crippen LogP contribution in [0.4, 0.5) is 5.95 Å². The second-order valence-corrected chi connectivity index (χ2v) is 7.78. The highest BCUT2D eigenvalue weighted by Gasteiger charge is 2.19. The molecule has 2 N–H and O–H groups in total. The van der Waals surface area contributed by atoms with Crippen LogP contribution < -0.4 is 5.73 Å². The minimum absolute atomic E-state index is 0.136. The zero-order valence-electron chi connectivity index (χ0n) is 18.3. The summed E-state index contributed by atoms with van der Waals surface area (Å²) in [6.45, 7) is 11.5. The molecule has 0 atom stereocenters. The number of carbonyl (C=O) groups excluding carboxylic acids is 2. The molecule has 0 aliphatic heterocycles. The first kappa shape index (κ1) is 21.5. The van der Waals surface area contributed by atoms with Crippen molar-refractivity contribution in [2.75, 3.05) is 12.3 Å². The number of nitrogens with zero attached hydrogens (tertiary/aromatic N) is 5. The number of anilines is 1. The van der Waals surface area contributed by atoms with E-state index in [4.69, 9.17) is 10.5 Å². The van der Waals surface area contributed by atoms with E-state index >= 15 is 0 Å². The van der Waals surface area contributed by atoms with Gasteiger partial charge < -0.3 is 15.0 Å². The van der Waals surface area contributed by atoms with Gasteiger partial charge in [-0.1, -0.05) is 0 Å². The van der Waals surface area contributed by atoms with Crippen molar-refractivity contribution >= 4 is 23.5 Å². The Morgan fingerprint density at radius 3 is 2.47 bits per heavy atom. The number of nitrogens with two attached hydrogens (primary N) is 1. The van der Waals surface area contributed by atoms with Crippen molar-refractivity contribution in [3.05, 3.63) is 40.0 Å². The van der Waals surface area contributed by atoms with Gasteiger partial charge in [-0.3, -0.25) is 9.59 Å². The van der Waals surface area contributed by atoms with Gasteiger partial charge in [0.1, 0.15) is 0 Å². The second kappa shape index (κ2) is 8.25. The van der Waals surface area contributed by atoms with E-state index in [-0.39, 0.29) is 30.8 Å². The molecule has 0 saturated heterocycles. The van der Waals surface area contributed by atoms with Crippen LogP contribution in [0.25, 0.3) is 5.78 Å². The predicted molar refractivity (Wildman–Crippen MR) is 113 cm³/mol. The van der Waals surface area contributed by atoms with E-state index in [2.05, 4.69) is 33.5 Å². The van der Waals surface area contributed by atoms with Crippen molar-refractivity contribution in [1.82, 2.24) is 24.1 Å². The maximum absolute atomic E-state index is 12.6. The minimum atomic E-state index is -0.432. The Morgan fingerprint density at radius 2 is 1.83 bits per heavy atom. The molecule has 9 heteroatoms. The number of hydrogen-bond acceptors (Lipinski definition) is 7. The van der Waals surface area contributed by atoms with Gasteiger partial charge in [0, 0.05) is 40.8 Å². The zero-order valence-corrected chi connectivity index (χ0v) is 18.3. The summed E-state index contributed by atoms with van der Waals surface area (Å²) >= 11 is 0. The molecule has 0 bridgehead atoms. The molecular weight excluding hydrogens is 384 g/mol. The van der Waals surface area contributed by atoms with Gasteiger partial charge >= 0.3 is 5.97 Å². The first-order valence-corrected chi connectivity index (χ1v) is 9.95. The Kier molecular flexibility index (Phi) is 5.91. The Bertz CT molecular complexity index is 1130. The summed E-state index contributed by atoms with van der Waals surface area (Å²) in [4.78, 5) is 33.3. The van der Waals surface area contributed by atoms with Crippen LogP contribution in [0, 0.1) is 27.7 Å². The van der Waals surface area contributed by atoms with Crippen LogP contribution in [0.15, 0.2) is 6.07 Å². The minimum Gasteiger partial charge on any atom is -0.457 e. The first-order chi connectivity index (χ1) is 14.1. The second-order valence-electron chi connectivity index (χ2n) is 7.78. The number of aryl methyl sites for hydroxylation is 3. The highest BCUT2D eigenvalue weighted by Crippen LogP contribution is 2.21. The number of aromatic nitrogens is 5. The summed E-state index contributed by atoms with van der Waals surface area (Å²) in [7, 11) is 0. The van der Waals surface area contributed by atoms with E-state index in [9.17, 15) is 9.59 Å². The molecule has 0 amide bonds. The number of esters is 1. The summed E-state index contributed by atoms with van der Waals surface area (Å²) in [5.74, 6) is -0.0507. The molecule has 0 fully saturated rings. The lowest BCUT2D eigenvalue weighted by Crippen LogP contribution is -2.16. The van der Waals surface area contributed by atoms with Crippen molar-refractivity contribution in [2.45, 2.75) is 60.4 Å². The summed E-state index contributed by atoms with van der Waals surface area (Å²) in [6.07, 6.45) is 0.562. The number of nitrogen functional groups attached to an aromatic ring is 1. The zero-order chi connectivity index (χ0) is 22.2. The third kappa shape index (κ3) is 4.05. The molecule has 30 heavy (non-hydrogen) atoms. The molecule has 0 aliphatic rings. The average Bonchev–Trinajstić information content (AvgIpc) is 3.18. The van der Waals surface area contributed by atoms with E-state index in [0.29, 0.717) is 17.8 Å². The summed E-state index contributed by atoms with van der Waals surface area (Å²) in [5.41, 5.74) is 10.6. The van der Waals surface area contributed by atoms with E-state index in [1.165, 1.54) is 0 Å². The Labute approximate surface area is 175 Å². The summed E-state index contributed by atoms with van der Waals surface area (Å²) in [6, 6.07) is 2.11. The average molecular weight is 412 g/mol. The van der Waals surface area contributed by atoms with Crippen LogP contribution >= 0.6 is 0 Å². The quantitative estimate of drug-likeness (QED) is 0.468. The fraction of sp³-hybridized carbons (Fsp3) is 0.476. The van der Waals surface area contributed by atoms with Crippen LogP contribution in [0.5, 0.6) is 0 Å². The molecule has 0 unspecified atom stereocenters. The number of hydrogen-bond donors (Lipinski definition) is 1. The molecule has 3 aromatic heterocycles. The van der Waals surface area contributed by atoms with Crippen molar-refractivity contribution in [2.24, 2.45) is 0 Å². The molecule has 3 rings (SSSR count). The van der Waals surface area contributed by atoms with Crippen molar-refractivity contribution in [3.63, 3.8) is 0 Å². The monoisotopic (exact) mass is 412 g/mol. The predicted octanol–water partition coefficient (Wildman–Crippen LogP) is 2.68. The fourth-order valence-electron chi connectivity index (χ4n) is 3.96. The SMILES string of the molecule is Cc1nc2nc(N)nn2c(C)c1CCC(=O)OCC(=O)c1cc(C)n(C(C)C)c1C. The van der Waals surface area contributed by atoms with Gasteiger partial charge in [0.15, 0.2) is 6.61 Å². The molecule has 3 aromatic rings. The van der Waals surface area contributed by atoms with Gasteiger partial charge in [-0.05, 0) is 59.6 Å². The number of carbonyl (C=O) groups is 2. The molecule has 3 heterocycles. The van der Waals surface area contributed by atoms with Gasteiger partial charge in [0.25, 0.3) is 5.78 Å². The molecular formula is C21H28N6O3. The Morgan fingerprint density at radius 1 is 1.13 bits per heavy atom. The third-order valence-electron chi connectivity index (χ3n) is 5.31. The number of rotatable bonds is 7. The molecule has 0 aliphatic carbocycles. The Hall–Kier alpha value is -3.23. The summed E-state index contributed by atoms with van der Waals surface area (Å²) < 4.78 is 8.91. The molecule has 160 valence electrons. The molecule has 0 saturated carbocycles. The number of ether oxygens (including phenoxy) is 1. The lowest BCUT2D eigenvalue weighted by atomic mass is 10.1. The normalized spacial score (nSPS) is 11.4. The van der Waals surface area contributed by atoms with E-state index in [1.807, 2.05) is 33.8 Å². The largest absolute Gasteiger partial charge is 0.457 e. The van der Waals surface area contributed by atoms with Gasteiger partial charge in [0.2, 0.25) is 11.7 Å². The van der Waals surface area contributed by atoms with E-state index in [0.717, 1.165) is 28.3 Å². The fourth-order valence-corrected chi connectivity index (χ4v) is 3.96. The van der Waals surface area contributed by atoms with E-state index < -0.39 is 5.97 Å². The maximum Gasteiger partial charge on any atom is 0.306 e. The van der Waals surface area contributed by atoms with Gasteiger partial charge in [-0.2, -0.15) is 9.50 Å². The van der Waals surface area contributed by atoms with Crippen LogP contribution in [0.2, 0.25) is 0 Å². The number of fused-ring (bicyclic) bond motifs is 1. The molecule has 0 radical (unpaired) electrons. The van der Waals surface area contributed by atoms with Crippen molar-refractivity contribution in [1.29, 1.82) is 0 Å². The topological polar surface area (TPSA) is 117 Å². The van der Waals surface area contributed by atoms with Crippen LogP contribution in [-0.4, -0.2) is 42.5 Å². The highest BCUT2D eigenvalue weighted by atomic mass is 16.5. The molecule has 9 nitrogen and oxygen atoms in total.